The summed E-state index contributed by atoms with van der Waals surface area (Å²) in [4.78, 5) is 4.14. The number of hydrogen-bond acceptors (Lipinski definition) is 4. The second kappa shape index (κ2) is 2.10. The minimum atomic E-state index is 0.544. The van der Waals surface area contributed by atoms with Crippen LogP contribution in [0.15, 0.2) is 22.7 Å². The normalized spacial score (nSPS) is 11.5. The van der Waals surface area contributed by atoms with E-state index in [0.717, 1.165) is 16.9 Å². The summed E-state index contributed by atoms with van der Waals surface area (Å²) in [5, 5.41) is 3.78. The third kappa shape index (κ3) is 0.697. The fourth-order valence-electron chi connectivity index (χ4n) is 1.54. The molecule has 0 radical (unpaired) electrons. The Kier molecular flexibility index (Phi) is 1.07. The van der Waals surface area contributed by atoms with Gasteiger partial charge in [-0.15, -0.1) is 0 Å². The summed E-state index contributed by atoms with van der Waals surface area (Å²) in [5.74, 6) is 1.97. The molecule has 0 aliphatic carbocycles. The van der Waals surface area contributed by atoms with Crippen molar-refractivity contribution in [3.8, 4) is 28.6 Å². The van der Waals surface area contributed by atoms with Crippen LogP contribution in [0.5, 0.6) is 5.75 Å². The number of benzene rings is 1. The third-order valence-electron chi connectivity index (χ3n) is 2.13. The van der Waals surface area contributed by atoms with Gasteiger partial charge in [-0.2, -0.15) is 4.98 Å². The van der Waals surface area contributed by atoms with Crippen LogP contribution in [0.3, 0.4) is 0 Å². The molecule has 1 aliphatic rings. The number of aromatic nitrogens is 2. The van der Waals surface area contributed by atoms with Gasteiger partial charge in [0.05, 0.1) is 12.7 Å². The van der Waals surface area contributed by atoms with Gasteiger partial charge in [-0.25, -0.2) is 0 Å². The molecule has 0 amide bonds. The summed E-state index contributed by atoms with van der Waals surface area (Å²) in [5.41, 5.74) is 1.90. The van der Waals surface area contributed by atoms with Crippen molar-refractivity contribution >= 4 is 0 Å². The van der Waals surface area contributed by atoms with Gasteiger partial charge in [-0.3, -0.25) is 0 Å². The molecule has 0 saturated carbocycles. The standard InChI is InChI=1S/C9H6N2O2/c1-12-6-4-2-3-5-7(6)9-10-8(5)11-13-9/h2-4H,1H3. The van der Waals surface area contributed by atoms with E-state index in [1.807, 2.05) is 18.2 Å². The van der Waals surface area contributed by atoms with Crippen LogP contribution in [0.1, 0.15) is 0 Å². The highest BCUT2D eigenvalue weighted by Crippen LogP contribution is 2.42. The number of rotatable bonds is 1. The fraction of sp³-hybridized carbons (Fsp3) is 0.111. The number of ether oxygens (including phenoxy) is 1. The molecule has 64 valence electrons. The average molecular weight is 174 g/mol. The first-order valence-electron chi connectivity index (χ1n) is 3.91. The Labute approximate surface area is 74.1 Å². The molecule has 1 aromatic carbocycles. The van der Waals surface area contributed by atoms with E-state index in [0.29, 0.717) is 11.7 Å². The number of fused-ring (bicyclic) bond motifs is 5. The van der Waals surface area contributed by atoms with E-state index in [2.05, 4.69) is 10.1 Å². The molecule has 1 aromatic heterocycles. The first-order chi connectivity index (χ1) is 6.40. The van der Waals surface area contributed by atoms with Gasteiger partial charge in [0.2, 0.25) is 5.82 Å². The van der Waals surface area contributed by atoms with Crippen LogP contribution < -0.4 is 4.74 Å². The molecule has 1 aliphatic heterocycles. The number of nitrogens with zero attached hydrogens (tertiary/aromatic N) is 2. The molecule has 0 saturated heterocycles. The summed E-state index contributed by atoms with van der Waals surface area (Å²) >= 11 is 0. The lowest BCUT2D eigenvalue weighted by Crippen LogP contribution is -1.89. The van der Waals surface area contributed by atoms with Crippen molar-refractivity contribution in [3.05, 3.63) is 18.2 Å². The van der Waals surface area contributed by atoms with Crippen molar-refractivity contribution in [2.24, 2.45) is 0 Å². The maximum atomic E-state index is 5.19. The predicted molar refractivity (Wildman–Crippen MR) is 45.3 cm³/mol. The van der Waals surface area contributed by atoms with E-state index < -0.39 is 0 Å². The number of methoxy groups -OCH3 is 1. The van der Waals surface area contributed by atoms with Crippen LogP contribution >= 0.6 is 0 Å². The summed E-state index contributed by atoms with van der Waals surface area (Å²) in [7, 11) is 1.63. The van der Waals surface area contributed by atoms with Crippen LogP contribution in [0.2, 0.25) is 0 Å². The van der Waals surface area contributed by atoms with Gasteiger partial charge in [0.15, 0.2) is 0 Å². The molecule has 0 atom stereocenters. The molecule has 2 heterocycles. The molecule has 0 unspecified atom stereocenters. The van der Waals surface area contributed by atoms with Gasteiger partial charge in [0.1, 0.15) is 5.75 Å². The molecule has 3 rings (SSSR count). The second-order valence-electron chi connectivity index (χ2n) is 2.81. The molecule has 0 N–H and O–H groups in total. The Morgan fingerprint density at radius 3 is 3.15 bits per heavy atom. The van der Waals surface area contributed by atoms with E-state index in [4.69, 9.17) is 9.26 Å². The van der Waals surface area contributed by atoms with E-state index >= 15 is 0 Å². The lowest BCUT2D eigenvalue weighted by Gasteiger charge is -2.05. The third-order valence-corrected chi connectivity index (χ3v) is 2.13. The Bertz CT molecular complexity index is 476. The summed E-state index contributed by atoms with van der Waals surface area (Å²) in [6.07, 6.45) is 0. The highest BCUT2D eigenvalue weighted by molar-refractivity contribution is 5.85. The summed E-state index contributed by atoms with van der Waals surface area (Å²) < 4.78 is 10.2. The Morgan fingerprint density at radius 1 is 1.38 bits per heavy atom. The molecule has 0 fully saturated rings. The molecular formula is C9H6N2O2. The van der Waals surface area contributed by atoms with Crippen LogP contribution in [0.25, 0.3) is 22.8 Å². The molecule has 4 nitrogen and oxygen atoms in total. The molecule has 0 spiro atoms. The van der Waals surface area contributed by atoms with E-state index in [1.165, 1.54) is 0 Å². The zero-order chi connectivity index (χ0) is 8.84. The topological polar surface area (TPSA) is 48.2 Å². The van der Waals surface area contributed by atoms with E-state index in [1.54, 1.807) is 7.11 Å². The van der Waals surface area contributed by atoms with Gasteiger partial charge in [-0.1, -0.05) is 11.2 Å². The summed E-state index contributed by atoms with van der Waals surface area (Å²) in [6.45, 7) is 0. The van der Waals surface area contributed by atoms with Crippen LogP contribution in [0.4, 0.5) is 0 Å². The molecular weight excluding hydrogens is 168 g/mol. The van der Waals surface area contributed by atoms with E-state index in [9.17, 15) is 0 Å². The highest BCUT2D eigenvalue weighted by atomic mass is 16.5. The lowest BCUT2D eigenvalue weighted by atomic mass is 10.1. The SMILES string of the molecule is COc1cccc2c1-c1nc-2no1. The molecule has 13 heavy (non-hydrogen) atoms. The Hall–Kier alpha value is -1.84. The first-order valence-corrected chi connectivity index (χ1v) is 3.91. The Morgan fingerprint density at radius 2 is 2.31 bits per heavy atom. The quantitative estimate of drug-likeness (QED) is 0.563. The number of hydrogen-bond donors (Lipinski definition) is 0. The van der Waals surface area contributed by atoms with Gasteiger partial charge in [-0.05, 0) is 12.1 Å². The van der Waals surface area contributed by atoms with Crippen LogP contribution in [0, 0.1) is 0 Å². The molecule has 2 bridgehead atoms. The minimum Gasteiger partial charge on any atom is -0.496 e. The minimum absolute atomic E-state index is 0.544. The average Bonchev–Trinajstić information content (AvgIpc) is 2.77. The summed E-state index contributed by atoms with van der Waals surface area (Å²) in [6, 6.07) is 5.75. The fourth-order valence-corrected chi connectivity index (χ4v) is 1.54. The highest BCUT2D eigenvalue weighted by Gasteiger charge is 2.27. The van der Waals surface area contributed by atoms with E-state index in [-0.39, 0.29) is 0 Å². The van der Waals surface area contributed by atoms with Crippen LogP contribution in [-0.4, -0.2) is 17.3 Å². The van der Waals surface area contributed by atoms with Crippen molar-refractivity contribution in [1.82, 2.24) is 10.1 Å². The van der Waals surface area contributed by atoms with Crippen molar-refractivity contribution in [2.45, 2.75) is 0 Å². The predicted octanol–water partition coefficient (Wildman–Crippen LogP) is 1.73. The van der Waals surface area contributed by atoms with Gasteiger partial charge in [0, 0.05) is 5.56 Å². The first kappa shape index (κ1) is 6.65. The van der Waals surface area contributed by atoms with Crippen molar-refractivity contribution in [1.29, 1.82) is 0 Å². The van der Waals surface area contributed by atoms with Crippen LogP contribution in [-0.2, 0) is 0 Å². The Balaban J connectivity index is 2.36. The largest absolute Gasteiger partial charge is 0.496 e. The van der Waals surface area contributed by atoms with Crippen molar-refractivity contribution in [2.75, 3.05) is 7.11 Å². The van der Waals surface area contributed by atoms with Gasteiger partial charge < -0.3 is 9.26 Å². The maximum Gasteiger partial charge on any atom is 0.262 e. The maximum absolute atomic E-state index is 5.19. The van der Waals surface area contributed by atoms with Crippen molar-refractivity contribution in [3.63, 3.8) is 0 Å². The molecule has 2 aromatic rings. The zero-order valence-electron chi connectivity index (χ0n) is 6.94. The molecule has 4 heteroatoms. The monoisotopic (exact) mass is 174 g/mol. The zero-order valence-corrected chi connectivity index (χ0v) is 6.94. The van der Waals surface area contributed by atoms with Gasteiger partial charge >= 0.3 is 0 Å². The smallest absolute Gasteiger partial charge is 0.262 e. The van der Waals surface area contributed by atoms with Crippen molar-refractivity contribution < 1.29 is 9.26 Å². The lowest BCUT2D eigenvalue weighted by molar-refractivity contribution is 0.403. The van der Waals surface area contributed by atoms with Gasteiger partial charge in [0.25, 0.3) is 5.89 Å². The second-order valence-corrected chi connectivity index (χ2v) is 2.81.